The largest absolute Gasteiger partial charge is 0.513 e. The number of nitro benzene ring substituents is 1. The fourth-order valence-corrected chi connectivity index (χ4v) is 1.87. The van der Waals surface area contributed by atoms with Crippen LogP contribution in [0.2, 0.25) is 0 Å². The molecule has 0 N–H and O–H groups in total. The molecule has 0 aromatic heterocycles. The number of benzene rings is 1. The lowest BCUT2D eigenvalue weighted by atomic mass is 9.84. The van der Waals surface area contributed by atoms with Crippen molar-refractivity contribution in [1.29, 1.82) is 0 Å². The number of allylic oxidation sites excluding steroid dienone is 1. The number of nitrogens with zero attached hydrogens (tertiary/aromatic N) is 1. The maximum atomic E-state index is 11.3. The minimum absolute atomic E-state index is 0.0639. The lowest BCUT2D eigenvalue weighted by Gasteiger charge is -2.21. The van der Waals surface area contributed by atoms with E-state index in [0.29, 0.717) is 16.7 Å². The zero-order chi connectivity index (χ0) is 16.4. The average Bonchev–Trinajstić information content (AvgIpc) is 2.36. The standard InChI is InChI=1S/C15H19NO5/c1-9(2)10-7-11(15(3,4)5)12(16(18)19)8-13(10)21-14(17)20-6/h7-8H,1H2,2-6H3. The molecule has 0 aliphatic carbocycles. The Labute approximate surface area is 123 Å². The Balaban J connectivity index is 3.58. The predicted molar refractivity (Wildman–Crippen MR) is 79.5 cm³/mol. The third kappa shape index (κ3) is 3.81. The molecule has 0 aliphatic rings. The highest BCUT2D eigenvalue weighted by molar-refractivity contribution is 5.75. The highest BCUT2D eigenvalue weighted by Crippen LogP contribution is 2.38. The van der Waals surface area contributed by atoms with Crippen LogP contribution in [0, 0.1) is 10.1 Å². The van der Waals surface area contributed by atoms with Gasteiger partial charge in [-0.25, -0.2) is 4.79 Å². The van der Waals surface area contributed by atoms with Crippen LogP contribution in [0.25, 0.3) is 5.57 Å². The Morgan fingerprint density at radius 2 is 1.90 bits per heavy atom. The van der Waals surface area contributed by atoms with E-state index in [9.17, 15) is 14.9 Å². The zero-order valence-electron chi connectivity index (χ0n) is 12.9. The van der Waals surface area contributed by atoms with Gasteiger partial charge in [-0.3, -0.25) is 10.1 Å². The summed E-state index contributed by atoms with van der Waals surface area (Å²) in [7, 11) is 1.17. The molecular formula is C15H19NO5. The van der Waals surface area contributed by atoms with E-state index in [0.717, 1.165) is 0 Å². The summed E-state index contributed by atoms with van der Waals surface area (Å²) >= 11 is 0. The monoisotopic (exact) mass is 293 g/mol. The second-order valence-electron chi connectivity index (χ2n) is 5.71. The van der Waals surface area contributed by atoms with E-state index in [1.165, 1.54) is 13.2 Å². The van der Waals surface area contributed by atoms with Crippen molar-refractivity contribution in [2.24, 2.45) is 0 Å². The normalized spacial score (nSPS) is 10.9. The highest BCUT2D eigenvalue weighted by atomic mass is 16.7. The second kappa shape index (κ2) is 5.95. The third-order valence-electron chi connectivity index (χ3n) is 2.92. The van der Waals surface area contributed by atoms with Gasteiger partial charge in [0.2, 0.25) is 0 Å². The Morgan fingerprint density at radius 3 is 2.29 bits per heavy atom. The molecule has 0 unspecified atom stereocenters. The number of carbonyl (C=O) groups excluding carboxylic acids is 1. The Hall–Kier alpha value is -2.37. The van der Waals surface area contributed by atoms with Crippen molar-refractivity contribution in [1.82, 2.24) is 0 Å². The molecule has 0 amide bonds. The van der Waals surface area contributed by atoms with Gasteiger partial charge in [0, 0.05) is 11.1 Å². The first-order chi connectivity index (χ1) is 9.57. The maximum Gasteiger partial charge on any atom is 0.513 e. The van der Waals surface area contributed by atoms with Gasteiger partial charge in [-0.15, -0.1) is 0 Å². The molecule has 21 heavy (non-hydrogen) atoms. The van der Waals surface area contributed by atoms with Gasteiger partial charge in [-0.2, -0.15) is 0 Å². The van der Waals surface area contributed by atoms with Crippen molar-refractivity contribution in [2.45, 2.75) is 33.1 Å². The topological polar surface area (TPSA) is 78.7 Å². The summed E-state index contributed by atoms with van der Waals surface area (Å²) < 4.78 is 9.41. The van der Waals surface area contributed by atoms with Crippen LogP contribution in [0.3, 0.4) is 0 Å². The number of carbonyl (C=O) groups is 1. The molecule has 1 aromatic carbocycles. The Kier molecular flexibility index (Phi) is 4.73. The first-order valence-electron chi connectivity index (χ1n) is 6.32. The molecule has 0 spiro atoms. The predicted octanol–water partition coefficient (Wildman–Crippen LogP) is 4.07. The van der Waals surface area contributed by atoms with Gasteiger partial charge in [-0.1, -0.05) is 27.4 Å². The van der Waals surface area contributed by atoms with Crippen molar-refractivity contribution >= 4 is 17.4 Å². The van der Waals surface area contributed by atoms with Gasteiger partial charge >= 0.3 is 6.16 Å². The van der Waals surface area contributed by atoms with Crippen LogP contribution in [0.5, 0.6) is 5.75 Å². The molecule has 0 fully saturated rings. The number of hydrogen-bond acceptors (Lipinski definition) is 5. The minimum atomic E-state index is -0.935. The van der Waals surface area contributed by atoms with E-state index in [1.54, 1.807) is 13.0 Å². The van der Waals surface area contributed by atoms with Crippen LogP contribution in [0.1, 0.15) is 38.8 Å². The minimum Gasteiger partial charge on any atom is -0.437 e. The lowest BCUT2D eigenvalue weighted by Crippen LogP contribution is -2.16. The molecule has 0 atom stereocenters. The summed E-state index contributed by atoms with van der Waals surface area (Å²) in [6, 6.07) is 2.88. The van der Waals surface area contributed by atoms with Crippen LogP contribution in [-0.4, -0.2) is 18.2 Å². The average molecular weight is 293 g/mol. The Bertz CT molecular complexity index is 599. The fraction of sp³-hybridized carbons (Fsp3) is 0.400. The van der Waals surface area contributed by atoms with Crippen molar-refractivity contribution in [3.8, 4) is 5.75 Å². The highest BCUT2D eigenvalue weighted by Gasteiger charge is 2.28. The first-order valence-corrected chi connectivity index (χ1v) is 6.32. The molecule has 1 aromatic rings. The Morgan fingerprint density at radius 1 is 1.33 bits per heavy atom. The maximum absolute atomic E-state index is 11.3. The van der Waals surface area contributed by atoms with Crippen LogP contribution in [0.4, 0.5) is 10.5 Å². The zero-order valence-corrected chi connectivity index (χ0v) is 12.9. The van der Waals surface area contributed by atoms with Gasteiger partial charge in [0.15, 0.2) is 0 Å². The molecule has 6 heteroatoms. The van der Waals surface area contributed by atoms with E-state index in [1.807, 2.05) is 20.8 Å². The van der Waals surface area contributed by atoms with Crippen LogP contribution in [-0.2, 0) is 10.2 Å². The lowest BCUT2D eigenvalue weighted by molar-refractivity contribution is -0.386. The second-order valence-corrected chi connectivity index (χ2v) is 5.71. The van der Waals surface area contributed by atoms with E-state index >= 15 is 0 Å². The molecule has 0 bridgehead atoms. The quantitative estimate of drug-likeness (QED) is 0.363. The van der Waals surface area contributed by atoms with Crippen molar-refractivity contribution in [3.05, 3.63) is 40.0 Å². The van der Waals surface area contributed by atoms with Crippen molar-refractivity contribution in [3.63, 3.8) is 0 Å². The molecule has 0 heterocycles. The van der Waals surface area contributed by atoms with Gasteiger partial charge in [-0.05, 0) is 24.0 Å². The van der Waals surface area contributed by atoms with Crippen molar-refractivity contribution in [2.75, 3.05) is 7.11 Å². The van der Waals surface area contributed by atoms with Gasteiger partial charge in [0.1, 0.15) is 5.75 Å². The van der Waals surface area contributed by atoms with Crippen molar-refractivity contribution < 1.29 is 19.2 Å². The van der Waals surface area contributed by atoms with Gasteiger partial charge in [0.25, 0.3) is 5.69 Å². The van der Waals surface area contributed by atoms with Crippen LogP contribution < -0.4 is 4.74 Å². The third-order valence-corrected chi connectivity index (χ3v) is 2.92. The molecule has 0 aliphatic heterocycles. The molecule has 0 radical (unpaired) electrons. The summed E-state index contributed by atoms with van der Waals surface area (Å²) in [5.74, 6) is 0.0639. The number of methoxy groups -OCH3 is 1. The van der Waals surface area contributed by atoms with Crippen LogP contribution in [0.15, 0.2) is 18.7 Å². The molecule has 114 valence electrons. The van der Waals surface area contributed by atoms with E-state index in [-0.39, 0.29) is 11.4 Å². The van der Waals surface area contributed by atoms with Gasteiger partial charge in [0.05, 0.1) is 18.1 Å². The first kappa shape index (κ1) is 16.7. The SMILES string of the molecule is C=C(C)c1cc(C(C)(C)C)c([N+](=O)[O-])cc1OC(=O)OC. The summed E-state index contributed by atoms with van der Waals surface area (Å²) in [5.41, 5.74) is 1.18. The number of nitro groups is 1. The molecule has 6 nitrogen and oxygen atoms in total. The fourth-order valence-electron chi connectivity index (χ4n) is 1.87. The smallest absolute Gasteiger partial charge is 0.437 e. The van der Waals surface area contributed by atoms with E-state index in [4.69, 9.17) is 4.74 Å². The summed E-state index contributed by atoms with van der Waals surface area (Å²) in [4.78, 5) is 22.1. The summed E-state index contributed by atoms with van der Waals surface area (Å²) in [6.45, 7) is 11.2. The summed E-state index contributed by atoms with van der Waals surface area (Å²) in [6.07, 6.45) is -0.935. The molecular weight excluding hydrogens is 274 g/mol. The number of ether oxygens (including phenoxy) is 2. The molecule has 0 saturated carbocycles. The number of rotatable bonds is 3. The molecule has 1 rings (SSSR count). The van der Waals surface area contributed by atoms with Gasteiger partial charge < -0.3 is 9.47 Å². The van der Waals surface area contributed by atoms with E-state index < -0.39 is 16.5 Å². The summed E-state index contributed by atoms with van der Waals surface area (Å²) in [5, 5.41) is 11.3. The molecule has 0 saturated heterocycles. The number of hydrogen-bond donors (Lipinski definition) is 0. The van der Waals surface area contributed by atoms with E-state index in [2.05, 4.69) is 11.3 Å². The van der Waals surface area contributed by atoms with Crippen LogP contribution >= 0.6 is 0 Å².